The summed E-state index contributed by atoms with van der Waals surface area (Å²) in [6, 6.07) is 0.282. The van der Waals surface area contributed by atoms with Crippen molar-refractivity contribution in [2.75, 3.05) is 26.7 Å². The smallest absolute Gasteiger partial charge is 0.242 e. The highest BCUT2D eigenvalue weighted by molar-refractivity contribution is 5.85. The van der Waals surface area contributed by atoms with E-state index in [1.807, 2.05) is 11.9 Å². The lowest BCUT2D eigenvalue weighted by molar-refractivity contribution is -0.133. The van der Waals surface area contributed by atoms with Gasteiger partial charge in [0, 0.05) is 25.6 Å². The van der Waals surface area contributed by atoms with Crippen LogP contribution >= 0.6 is 12.4 Å². The molecule has 1 unspecified atom stereocenters. The van der Waals surface area contributed by atoms with Gasteiger partial charge in [-0.15, -0.1) is 12.4 Å². The summed E-state index contributed by atoms with van der Waals surface area (Å²) in [4.78, 5) is 25.5. The Hall–Kier alpha value is -0.810. The van der Waals surface area contributed by atoms with Gasteiger partial charge in [0.05, 0.1) is 6.54 Å². The predicted molar refractivity (Wildman–Crippen MR) is 83.0 cm³/mol. The first kappa shape index (κ1) is 19.2. The molecule has 1 fully saturated rings. The van der Waals surface area contributed by atoms with E-state index in [4.69, 9.17) is 0 Å². The van der Waals surface area contributed by atoms with Crippen LogP contribution in [0, 0.1) is 5.92 Å². The van der Waals surface area contributed by atoms with E-state index in [2.05, 4.69) is 24.5 Å². The number of rotatable bonds is 7. The Morgan fingerprint density at radius 2 is 2.05 bits per heavy atom. The van der Waals surface area contributed by atoms with Gasteiger partial charge in [-0.2, -0.15) is 0 Å². The molecule has 20 heavy (non-hydrogen) atoms. The molecule has 2 amide bonds. The summed E-state index contributed by atoms with van der Waals surface area (Å²) in [6.45, 7) is 5.95. The molecule has 0 aromatic carbocycles. The molecule has 0 radical (unpaired) electrons. The number of carbonyl (C=O) groups is 2. The van der Waals surface area contributed by atoms with E-state index in [9.17, 15) is 9.59 Å². The van der Waals surface area contributed by atoms with Gasteiger partial charge < -0.3 is 15.5 Å². The van der Waals surface area contributed by atoms with Gasteiger partial charge in [0.2, 0.25) is 11.8 Å². The van der Waals surface area contributed by atoms with Crippen molar-refractivity contribution in [3.8, 4) is 0 Å². The number of halogens is 1. The molecule has 1 atom stereocenters. The molecule has 0 aliphatic carbocycles. The largest absolute Gasteiger partial charge is 0.347 e. The van der Waals surface area contributed by atoms with E-state index in [1.54, 1.807) is 0 Å². The fourth-order valence-corrected chi connectivity index (χ4v) is 2.40. The Morgan fingerprint density at radius 3 is 2.65 bits per heavy atom. The van der Waals surface area contributed by atoms with Crippen LogP contribution in [-0.2, 0) is 9.59 Å². The number of hydrogen-bond acceptors (Lipinski definition) is 3. The molecular weight excluding hydrogens is 278 g/mol. The minimum absolute atomic E-state index is 0. The van der Waals surface area contributed by atoms with E-state index >= 15 is 0 Å². The van der Waals surface area contributed by atoms with Crippen LogP contribution in [0.25, 0.3) is 0 Å². The quantitative estimate of drug-likeness (QED) is 0.742. The number of likely N-dealkylation sites (tertiary alicyclic amines) is 1. The summed E-state index contributed by atoms with van der Waals surface area (Å²) in [7, 11) is 1.90. The maximum Gasteiger partial charge on any atom is 0.242 e. The molecule has 1 heterocycles. The molecule has 0 spiro atoms. The molecule has 0 aromatic rings. The molecule has 1 aliphatic rings. The van der Waals surface area contributed by atoms with Crippen molar-refractivity contribution in [1.82, 2.24) is 15.5 Å². The molecule has 0 bridgehead atoms. The van der Waals surface area contributed by atoms with Crippen LogP contribution in [0.2, 0.25) is 0 Å². The zero-order valence-corrected chi connectivity index (χ0v) is 13.6. The highest BCUT2D eigenvalue weighted by Gasteiger charge is 2.27. The topological polar surface area (TPSA) is 61.4 Å². The third-order valence-corrected chi connectivity index (χ3v) is 3.52. The molecular formula is C14H28ClN3O2. The van der Waals surface area contributed by atoms with Crippen molar-refractivity contribution in [1.29, 1.82) is 0 Å². The summed E-state index contributed by atoms with van der Waals surface area (Å²) >= 11 is 0. The molecule has 1 aliphatic heterocycles. The van der Waals surface area contributed by atoms with Gasteiger partial charge in [0.15, 0.2) is 0 Å². The lowest BCUT2D eigenvalue weighted by atomic mass is 10.1. The standard InChI is InChI=1S/C14H27N3O2.ClH/c1-11(2)6-7-13(18)16-10-14(19)17-8-4-5-12(17)9-15-3;/h11-12,15H,4-10H2,1-3H3,(H,16,18);1H. The van der Waals surface area contributed by atoms with Crippen molar-refractivity contribution in [3.05, 3.63) is 0 Å². The van der Waals surface area contributed by atoms with Crippen LogP contribution in [0.3, 0.4) is 0 Å². The Morgan fingerprint density at radius 1 is 1.35 bits per heavy atom. The van der Waals surface area contributed by atoms with Crippen LogP contribution < -0.4 is 10.6 Å². The van der Waals surface area contributed by atoms with Crippen LogP contribution in [0.4, 0.5) is 0 Å². The lowest BCUT2D eigenvalue weighted by Gasteiger charge is -2.24. The molecule has 118 valence electrons. The van der Waals surface area contributed by atoms with Crippen molar-refractivity contribution in [2.45, 2.75) is 45.6 Å². The fraction of sp³-hybridized carbons (Fsp3) is 0.857. The second kappa shape index (κ2) is 10.00. The summed E-state index contributed by atoms with van der Waals surface area (Å²) in [5.74, 6) is 0.530. The van der Waals surface area contributed by atoms with Gasteiger partial charge in [0.1, 0.15) is 0 Å². The Balaban J connectivity index is 0.00000361. The van der Waals surface area contributed by atoms with E-state index in [0.717, 1.165) is 32.4 Å². The Bertz CT molecular complexity index is 311. The third-order valence-electron chi connectivity index (χ3n) is 3.52. The summed E-state index contributed by atoms with van der Waals surface area (Å²) < 4.78 is 0. The SMILES string of the molecule is CNCC1CCCN1C(=O)CNC(=O)CCC(C)C.Cl. The van der Waals surface area contributed by atoms with Crippen molar-refractivity contribution >= 4 is 24.2 Å². The highest BCUT2D eigenvalue weighted by Crippen LogP contribution is 2.16. The number of nitrogens with zero attached hydrogens (tertiary/aromatic N) is 1. The molecule has 2 N–H and O–H groups in total. The van der Waals surface area contributed by atoms with Gasteiger partial charge in [0.25, 0.3) is 0 Å². The Labute approximate surface area is 128 Å². The predicted octanol–water partition coefficient (Wildman–Crippen LogP) is 1.17. The molecule has 1 saturated heterocycles. The minimum Gasteiger partial charge on any atom is -0.347 e. The van der Waals surface area contributed by atoms with Crippen molar-refractivity contribution < 1.29 is 9.59 Å². The van der Waals surface area contributed by atoms with Gasteiger partial charge >= 0.3 is 0 Å². The molecule has 1 rings (SSSR count). The second-order valence-corrected chi connectivity index (χ2v) is 5.65. The van der Waals surface area contributed by atoms with Crippen molar-refractivity contribution in [2.24, 2.45) is 5.92 Å². The summed E-state index contributed by atoms with van der Waals surface area (Å²) in [6.07, 6.45) is 3.48. The number of likely N-dealkylation sites (N-methyl/N-ethyl adjacent to an activating group) is 1. The fourth-order valence-electron chi connectivity index (χ4n) is 2.40. The zero-order valence-electron chi connectivity index (χ0n) is 12.8. The minimum atomic E-state index is -0.0218. The average molecular weight is 306 g/mol. The van der Waals surface area contributed by atoms with Crippen LogP contribution in [0.5, 0.6) is 0 Å². The van der Waals surface area contributed by atoms with Gasteiger partial charge in [-0.05, 0) is 32.2 Å². The number of amides is 2. The summed E-state index contributed by atoms with van der Waals surface area (Å²) in [5.41, 5.74) is 0. The molecule has 0 aromatic heterocycles. The number of nitrogens with one attached hydrogen (secondary N) is 2. The first-order chi connectivity index (χ1) is 9.04. The second-order valence-electron chi connectivity index (χ2n) is 5.65. The first-order valence-electron chi connectivity index (χ1n) is 7.25. The highest BCUT2D eigenvalue weighted by atomic mass is 35.5. The number of carbonyl (C=O) groups excluding carboxylic acids is 2. The summed E-state index contributed by atoms with van der Waals surface area (Å²) in [5, 5.41) is 5.84. The zero-order chi connectivity index (χ0) is 14.3. The van der Waals surface area contributed by atoms with Gasteiger partial charge in [-0.25, -0.2) is 0 Å². The van der Waals surface area contributed by atoms with Crippen molar-refractivity contribution in [3.63, 3.8) is 0 Å². The van der Waals surface area contributed by atoms with Crippen LogP contribution in [0.15, 0.2) is 0 Å². The van der Waals surface area contributed by atoms with Crippen LogP contribution in [0.1, 0.15) is 39.5 Å². The van der Waals surface area contributed by atoms with Crippen LogP contribution in [-0.4, -0.2) is 49.4 Å². The maximum absolute atomic E-state index is 12.1. The molecule has 6 heteroatoms. The van der Waals surface area contributed by atoms with E-state index in [0.29, 0.717) is 12.3 Å². The van der Waals surface area contributed by atoms with E-state index in [-0.39, 0.29) is 36.8 Å². The first-order valence-corrected chi connectivity index (χ1v) is 7.25. The molecule has 5 nitrogen and oxygen atoms in total. The molecule has 0 saturated carbocycles. The Kier molecular flexibility index (Phi) is 9.59. The van der Waals surface area contributed by atoms with Gasteiger partial charge in [-0.3, -0.25) is 9.59 Å². The normalized spacial score (nSPS) is 18.0. The third kappa shape index (κ3) is 6.57. The lowest BCUT2D eigenvalue weighted by Crippen LogP contribution is -2.45. The average Bonchev–Trinajstić information content (AvgIpc) is 2.82. The van der Waals surface area contributed by atoms with E-state index in [1.165, 1.54) is 0 Å². The van der Waals surface area contributed by atoms with E-state index < -0.39 is 0 Å². The van der Waals surface area contributed by atoms with Gasteiger partial charge in [-0.1, -0.05) is 13.8 Å². The number of hydrogen-bond donors (Lipinski definition) is 2. The monoisotopic (exact) mass is 305 g/mol. The maximum atomic E-state index is 12.1.